The summed E-state index contributed by atoms with van der Waals surface area (Å²) in [6, 6.07) is 2.82. The second kappa shape index (κ2) is 4.35. The Hall–Kier alpha value is -0.550. The summed E-state index contributed by atoms with van der Waals surface area (Å²) in [5.74, 6) is 0.928. The lowest BCUT2D eigenvalue weighted by molar-refractivity contribution is 0.492. The van der Waals surface area contributed by atoms with Crippen LogP contribution in [0.3, 0.4) is 0 Å². The van der Waals surface area contributed by atoms with Crippen LogP contribution in [-0.4, -0.2) is 12.6 Å². The zero-order valence-corrected chi connectivity index (χ0v) is 7.14. The zero-order valence-electron chi connectivity index (χ0n) is 7.14. The van der Waals surface area contributed by atoms with Crippen molar-refractivity contribution in [1.82, 2.24) is 5.32 Å². The van der Waals surface area contributed by atoms with Crippen LogP contribution in [0, 0.1) is 17.2 Å². The van der Waals surface area contributed by atoms with E-state index in [1.54, 1.807) is 0 Å². The molecule has 11 heavy (non-hydrogen) atoms. The van der Waals surface area contributed by atoms with Gasteiger partial charge in [0.25, 0.3) is 0 Å². The molecule has 62 valence electrons. The van der Waals surface area contributed by atoms with E-state index in [0.717, 1.165) is 18.9 Å². The number of unbranched alkanes of at least 4 members (excludes halogenated alkanes) is 1. The van der Waals surface area contributed by atoms with Crippen molar-refractivity contribution in [2.75, 3.05) is 6.54 Å². The van der Waals surface area contributed by atoms with Gasteiger partial charge in [0.1, 0.15) is 0 Å². The molecule has 1 aliphatic rings. The Balaban J connectivity index is 1.90. The highest BCUT2D eigenvalue weighted by molar-refractivity contribution is 4.83. The van der Waals surface area contributed by atoms with Crippen LogP contribution in [-0.2, 0) is 0 Å². The maximum absolute atomic E-state index is 8.28. The van der Waals surface area contributed by atoms with Crippen LogP contribution >= 0.6 is 0 Å². The van der Waals surface area contributed by atoms with Gasteiger partial charge >= 0.3 is 0 Å². The fourth-order valence-electron chi connectivity index (χ4n) is 1.26. The number of hydrogen-bond acceptors (Lipinski definition) is 2. The zero-order chi connectivity index (χ0) is 8.10. The topological polar surface area (TPSA) is 35.8 Å². The van der Waals surface area contributed by atoms with Crippen LogP contribution < -0.4 is 5.32 Å². The minimum Gasteiger partial charge on any atom is -0.314 e. The number of hydrogen-bond donors (Lipinski definition) is 1. The molecule has 2 heteroatoms. The van der Waals surface area contributed by atoms with Crippen LogP contribution in [0.25, 0.3) is 0 Å². The molecule has 1 unspecified atom stereocenters. The highest BCUT2D eigenvalue weighted by Gasteiger charge is 2.26. The summed E-state index contributed by atoms with van der Waals surface area (Å²) in [4.78, 5) is 0. The second-order valence-electron chi connectivity index (χ2n) is 3.34. The maximum atomic E-state index is 8.28. The van der Waals surface area contributed by atoms with E-state index in [4.69, 9.17) is 5.26 Å². The molecule has 0 heterocycles. The third kappa shape index (κ3) is 3.38. The Morgan fingerprint density at radius 3 is 2.91 bits per heavy atom. The van der Waals surface area contributed by atoms with Crippen LogP contribution in [0.1, 0.15) is 32.6 Å². The maximum Gasteiger partial charge on any atom is 0.0622 e. The lowest BCUT2D eigenvalue weighted by Gasteiger charge is -2.10. The summed E-state index contributed by atoms with van der Waals surface area (Å²) in [6.45, 7) is 3.25. The van der Waals surface area contributed by atoms with Crippen LogP contribution in [0.15, 0.2) is 0 Å². The quantitative estimate of drug-likeness (QED) is 0.608. The van der Waals surface area contributed by atoms with Crippen LogP contribution in [0.2, 0.25) is 0 Å². The molecule has 2 nitrogen and oxygen atoms in total. The third-order valence-electron chi connectivity index (χ3n) is 2.26. The van der Waals surface area contributed by atoms with Gasteiger partial charge in [0.05, 0.1) is 6.07 Å². The molecule has 0 spiro atoms. The smallest absolute Gasteiger partial charge is 0.0622 e. The average Bonchev–Trinajstić information content (AvgIpc) is 2.79. The monoisotopic (exact) mass is 152 g/mol. The van der Waals surface area contributed by atoms with Gasteiger partial charge < -0.3 is 5.32 Å². The molecule has 1 fully saturated rings. The van der Waals surface area contributed by atoms with Gasteiger partial charge in [-0.2, -0.15) is 5.26 Å². The third-order valence-corrected chi connectivity index (χ3v) is 2.26. The van der Waals surface area contributed by atoms with E-state index < -0.39 is 0 Å². The van der Waals surface area contributed by atoms with Gasteiger partial charge in [0.15, 0.2) is 0 Å². The van der Waals surface area contributed by atoms with Crippen LogP contribution in [0.5, 0.6) is 0 Å². The van der Waals surface area contributed by atoms with Gasteiger partial charge in [-0.1, -0.05) is 0 Å². The Kier molecular flexibility index (Phi) is 3.38. The predicted octanol–water partition coefficient (Wildman–Crippen LogP) is 1.68. The summed E-state index contributed by atoms with van der Waals surface area (Å²) in [5, 5.41) is 11.7. The minimum atomic E-state index is 0.675. The van der Waals surface area contributed by atoms with Crippen molar-refractivity contribution < 1.29 is 0 Å². The first-order valence-corrected chi connectivity index (χ1v) is 4.45. The largest absolute Gasteiger partial charge is 0.314 e. The Morgan fingerprint density at radius 2 is 2.36 bits per heavy atom. The molecular weight excluding hydrogens is 136 g/mol. The first-order chi connectivity index (χ1) is 5.34. The first kappa shape index (κ1) is 8.55. The van der Waals surface area contributed by atoms with Gasteiger partial charge in [-0.3, -0.25) is 0 Å². The number of rotatable bonds is 5. The predicted molar refractivity (Wildman–Crippen MR) is 45.0 cm³/mol. The van der Waals surface area contributed by atoms with E-state index in [0.29, 0.717) is 12.5 Å². The van der Waals surface area contributed by atoms with Gasteiger partial charge in [0.2, 0.25) is 0 Å². The second-order valence-corrected chi connectivity index (χ2v) is 3.34. The summed E-state index contributed by atoms with van der Waals surface area (Å²) < 4.78 is 0. The molecular formula is C9H16N2. The van der Waals surface area contributed by atoms with Gasteiger partial charge in [-0.15, -0.1) is 0 Å². The molecule has 1 atom stereocenters. The van der Waals surface area contributed by atoms with Crippen LogP contribution in [0.4, 0.5) is 0 Å². The van der Waals surface area contributed by atoms with Gasteiger partial charge in [-0.05, 0) is 38.6 Å². The highest BCUT2D eigenvalue weighted by Crippen LogP contribution is 2.32. The fraction of sp³-hybridized carbons (Fsp3) is 0.889. The number of nitriles is 1. The molecule has 0 aromatic heterocycles. The summed E-state index contributed by atoms with van der Waals surface area (Å²) in [7, 11) is 0. The minimum absolute atomic E-state index is 0.675. The standard InChI is InChI=1S/C9H16N2/c1-8(9-4-5-9)11-7-3-2-6-10/h8-9,11H,2-5,7H2,1H3. The normalized spacial score (nSPS) is 19.3. The van der Waals surface area contributed by atoms with E-state index in [1.165, 1.54) is 12.8 Å². The van der Waals surface area contributed by atoms with Crippen molar-refractivity contribution >= 4 is 0 Å². The fourth-order valence-corrected chi connectivity index (χ4v) is 1.26. The van der Waals surface area contributed by atoms with E-state index in [2.05, 4.69) is 18.3 Å². The molecule has 0 aromatic rings. The first-order valence-electron chi connectivity index (χ1n) is 4.45. The summed E-state index contributed by atoms with van der Waals surface area (Å²) in [6.07, 6.45) is 4.47. The average molecular weight is 152 g/mol. The molecule has 0 amide bonds. The van der Waals surface area contributed by atoms with E-state index >= 15 is 0 Å². The molecule has 0 bridgehead atoms. The molecule has 0 radical (unpaired) electrons. The van der Waals surface area contributed by atoms with E-state index in [1.807, 2.05) is 0 Å². The molecule has 1 saturated carbocycles. The Bertz CT molecular complexity index is 144. The lowest BCUT2D eigenvalue weighted by atomic mass is 10.2. The highest BCUT2D eigenvalue weighted by atomic mass is 14.9. The Morgan fingerprint density at radius 1 is 1.64 bits per heavy atom. The van der Waals surface area contributed by atoms with Crippen molar-refractivity contribution in [2.45, 2.75) is 38.6 Å². The van der Waals surface area contributed by atoms with Crippen molar-refractivity contribution in [3.63, 3.8) is 0 Å². The van der Waals surface area contributed by atoms with Crippen molar-refractivity contribution in [3.05, 3.63) is 0 Å². The Labute approximate surface area is 68.6 Å². The number of nitrogens with one attached hydrogen (secondary N) is 1. The molecule has 1 rings (SSSR count). The molecule has 0 saturated heterocycles. The molecule has 1 aliphatic carbocycles. The van der Waals surface area contributed by atoms with Gasteiger partial charge in [0, 0.05) is 12.5 Å². The van der Waals surface area contributed by atoms with Crippen molar-refractivity contribution in [3.8, 4) is 6.07 Å². The summed E-state index contributed by atoms with van der Waals surface area (Å²) in [5.41, 5.74) is 0. The van der Waals surface area contributed by atoms with Gasteiger partial charge in [-0.25, -0.2) is 0 Å². The van der Waals surface area contributed by atoms with Crippen molar-refractivity contribution in [1.29, 1.82) is 5.26 Å². The summed E-state index contributed by atoms with van der Waals surface area (Å²) >= 11 is 0. The SMILES string of the molecule is CC(NCCCC#N)C1CC1. The van der Waals surface area contributed by atoms with E-state index in [9.17, 15) is 0 Å². The number of nitrogens with zero attached hydrogens (tertiary/aromatic N) is 1. The molecule has 1 N–H and O–H groups in total. The molecule has 0 aromatic carbocycles. The lowest BCUT2D eigenvalue weighted by Crippen LogP contribution is -2.28. The van der Waals surface area contributed by atoms with Crippen molar-refractivity contribution in [2.24, 2.45) is 5.92 Å². The van der Waals surface area contributed by atoms with E-state index in [-0.39, 0.29) is 0 Å². The molecule has 0 aliphatic heterocycles.